The van der Waals surface area contributed by atoms with Gasteiger partial charge in [-0.15, -0.1) is 11.3 Å². The molecule has 2 aromatic rings. The lowest BCUT2D eigenvalue weighted by atomic mass is 10.0. The molecule has 1 N–H and O–H groups in total. The predicted molar refractivity (Wildman–Crippen MR) is 103 cm³/mol. The summed E-state index contributed by atoms with van der Waals surface area (Å²) in [7, 11) is 0. The number of thiophene rings is 1. The maximum absolute atomic E-state index is 5.84. The van der Waals surface area contributed by atoms with Crippen molar-refractivity contribution < 1.29 is 4.74 Å². The molecular formula is C17H18BrN3OS2. The molecule has 0 spiro atoms. The number of halogens is 1. The molecule has 0 unspecified atom stereocenters. The zero-order chi connectivity index (χ0) is 16.5. The summed E-state index contributed by atoms with van der Waals surface area (Å²) in [5, 5.41) is 4.27. The zero-order valence-electron chi connectivity index (χ0n) is 13.0. The van der Waals surface area contributed by atoms with Gasteiger partial charge in [0, 0.05) is 24.2 Å². The minimum absolute atomic E-state index is 0.0608. The van der Waals surface area contributed by atoms with Crippen molar-refractivity contribution in [2.45, 2.75) is 31.0 Å². The van der Waals surface area contributed by atoms with Gasteiger partial charge in [0.25, 0.3) is 0 Å². The number of ether oxygens (including phenoxy) is 1. The molecule has 0 aromatic carbocycles. The summed E-state index contributed by atoms with van der Waals surface area (Å²) in [5.41, 5.74) is 1.02. The van der Waals surface area contributed by atoms with Gasteiger partial charge < -0.3 is 15.0 Å². The van der Waals surface area contributed by atoms with Crippen LogP contribution in [0.5, 0.6) is 0 Å². The smallest absolute Gasteiger partial charge is 0.170 e. The fraction of sp³-hybridized carbons (Fsp3) is 0.412. The van der Waals surface area contributed by atoms with E-state index in [-0.39, 0.29) is 18.2 Å². The van der Waals surface area contributed by atoms with E-state index in [1.807, 2.05) is 18.3 Å². The second-order valence-electron chi connectivity index (χ2n) is 6.06. The Bertz CT molecular complexity index is 718. The van der Waals surface area contributed by atoms with E-state index in [0.717, 1.165) is 40.6 Å². The van der Waals surface area contributed by atoms with Crippen LogP contribution in [-0.4, -0.2) is 34.3 Å². The molecule has 2 aliphatic heterocycles. The lowest BCUT2D eigenvalue weighted by Gasteiger charge is -2.28. The fourth-order valence-corrected chi connectivity index (χ4v) is 5.30. The van der Waals surface area contributed by atoms with Gasteiger partial charge in [-0.1, -0.05) is 6.07 Å². The van der Waals surface area contributed by atoms with Crippen molar-refractivity contribution in [1.29, 1.82) is 0 Å². The van der Waals surface area contributed by atoms with Gasteiger partial charge in [0.2, 0.25) is 0 Å². The maximum atomic E-state index is 5.84. The summed E-state index contributed by atoms with van der Waals surface area (Å²) in [4.78, 5) is 8.12. The van der Waals surface area contributed by atoms with E-state index < -0.39 is 0 Å². The van der Waals surface area contributed by atoms with Crippen molar-refractivity contribution in [2.75, 3.05) is 13.2 Å². The van der Waals surface area contributed by atoms with Crippen LogP contribution in [0.15, 0.2) is 40.3 Å². The van der Waals surface area contributed by atoms with Crippen LogP contribution < -0.4 is 5.32 Å². The summed E-state index contributed by atoms with van der Waals surface area (Å²) in [6, 6.07) is 10.5. The van der Waals surface area contributed by atoms with Crippen molar-refractivity contribution >= 4 is 44.6 Å². The molecule has 3 atom stereocenters. The van der Waals surface area contributed by atoms with Crippen LogP contribution in [0.3, 0.4) is 0 Å². The van der Waals surface area contributed by atoms with Gasteiger partial charge in [-0.05, 0) is 65.3 Å². The average molecular weight is 424 g/mol. The Morgan fingerprint density at radius 2 is 2.29 bits per heavy atom. The highest BCUT2D eigenvalue weighted by Crippen LogP contribution is 2.42. The lowest BCUT2D eigenvalue weighted by Crippen LogP contribution is -2.36. The Balaban J connectivity index is 1.67. The number of nitrogens with zero attached hydrogens (tertiary/aromatic N) is 2. The molecule has 0 saturated carbocycles. The van der Waals surface area contributed by atoms with Gasteiger partial charge in [0.15, 0.2) is 5.11 Å². The minimum Gasteiger partial charge on any atom is -0.376 e. The topological polar surface area (TPSA) is 37.4 Å². The van der Waals surface area contributed by atoms with Crippen LogP contribution in [0.1, 0.15) is 35.5 Å². The van der Waals surface area contributed by atoms with E-state index in [1.54, 1.807) is 11.3 Å². The third kappa shape index (κ3) is 3.22. The fourth-order valence-electron chi connectivity index (χ4n) is 3.41. The molecule has 2 fully saturated rings. The number of pyridine rings is 1. The van der Waals surface area contributed by atoms with E-state index >= 15 is 0 Å². The molecule has 4 nitrogen and oxygen atoms in total. The molecule has 7 heteroatoms. The highest BCUT2D eigenvalue weighted by molar-refractivity contribution is 9.11. The molecular weight excluding hydrogens is 406 g/mol. The van der Waals surface area contributed by atoms with Gasteiger partial charge in [0.1, 0.15) is 0 Å². The molecule has 4 heterocycles. The quantitative estimate of drug-likeness (QED) is 0.750. The second kappa shape index (κ2) is 7.07. The second-order valence-corrected chi connectivity index (χ2v) is 8.94. The number of aromatic nitrogens is 1. The molecule has 2 aromatic heterocycles. The van der Waals surface area contributed by atoms with Crippen LogP contribution in [0.25, 0.3) is 0 Å². The maximum Gasteiger partial charge on any atom is 0.170 e. The molecule has 2 saturated heterocycles. The zero-order valence-corrected chi connectivity index (χ0v) is 16.2. The van der Waals surface area contributed by atoms with Crippen molar-refractivity contribution in [3.63, 3.8) is 0 Å². The first-order valence-corrected chi connectivity index (χ1v) is 10.1. The summed E-state index contributed by atoms with van der Waals surface area (Å²) < 4.78 is 6.97. The van der Waals surface area contributed by atoms with Crippen molar-refractivity contribution in [3.05, 3.63) is 50.9 Å². The van der Waals surface area contributed by atoms with E-state index in [1.165, 1.54) is 4.88 Å². The van der Waals surface area contributed by atoms with Crippen molar-refractivity contribution in [1.82, 2.24) is 15.2 Å². The molecule has 126 valence electrons. The normalized spacial score (nSPS) is 26.8. The summed E-state index contributed by atoms with van der Waals surface area (Å²) in [6.07, 6.45) is 4.34. The monoisotopic (exact) mass is 423 g/mol. The minimum atomic E-state index is 0.0608. The molecule has 0 aliphatic carbocycles. The highest BCUT2D eigenvalue weighted by atomic mass is 79.9. The first-order valence-electron chi connectivity index (χ1n) is 8.07. The molecule has 24 heavy (non-hydrogen) atoms. The lowest BCUT2D eigenvalue weighted by molar-refractivity contribution is 0.0846. The van der Waals surface area contributed by atoms with Gasteiger partial charge in [-0.3, -0.25) is 4.98 Å². The third-order valence-electron chi connectivity index (χ3n) is 4.51. The SMILES string of the molecule is S=C1N[C@H](c2ccccn2)[C@H](c2ccc(Br)s2)N1C[C@@H]1CCCO1. The van der Waals surface area contributed by atoms with E-state index in [9.17, 15) is 0 Å². The average Bonchev–Trinajstić information content (AvgIpc) is 3.31. The Morgan fingerprint density at radius 3 is 2.96 bits per heavy atom. The van der Waals surface area contributed by atoms with E-state index in [2.05, 4.69) is 49.3 Å². The number of thiocarbonyl (C=S) groups is 1. The van der Waals surface area contributed by atoms with Crippen molar-refractivity contribution in [3.8, 4) is 0 Å². The standard InChI is InChI=1S/C17H18BrN3OS2/c18-14-7-6-13(24-14)16-15(12-5-1-2-8-19-12)20-17(23)21(16)10-11-4-3-9-22-11/h1-2,5-8,11,15-16H,3-4,9-10H2,(H,20,23)/t11-,15+,16-/m0/s1. The molecule has 0 radical (unpaired) electrons. The third-order valence-corrected chi connectivity index (χ3v) is 6.55. The number of nitrogens with one attached hydrogen (secondary N) is 1. The largest absolute Gasteiger partial charge is 0.376 e. The molecule has 4 rings (SSSR count). The summed E-state index contributed by atoms with van der Waals surface area (Å²) in [5.74, 6) is 0. The predicted octanol–water partition coefficient (Wildman–Crippen LogP) is 4.06. The van der Waals surface area contributed by atoms with Crippen LogP contribution in [0.2, 0.25) is 0 Å². The number of rotatable bonds is 4. The Kier molecular flexibility index (Phi) is 4.85. The first-order chi connectivity index (χ1) is 11.7. The highest BCUT2D eigenvalue weighted by Gasteiger charge is 2.41. The molecule has 2 aliphatic rings. The van der Waals surface area contributed by atoms with E-state index in [0.29, 0.717) is 0 Å². The number of hydrogen-bond donors (Lipinski definition) is 1. The Labute approximate surface area is 159 Å². The molecule has 0 bridgehead atoms. The summed E-state index contributed by atoms with van der Waals surface area (Å²) >= 11 is 11.0. The van der Waals surface area contributed by atoms with Gasteiger partial charge in [-0.2, -0.15) is 0 Å². The van der Waals surface area contributed by atoms with Gasteiger partial charge in [0.05, 0.1) is 27.7 Å². The van der Waals surface area contributed by atoms with Crippen LogP contribution in [-0.2, 0) is 4.74 Å². The van der Waals surface area contributed by atoms with Crippen molar-refractivity contribution in [2.24, 2.45) is 0 Å². The van der Waals surface area contributed by atoms with Crippen LogP contribution in [0.4, 0.5) is 0 Å². The van der Waals surface area contributed by atoms with Gasteiger partial charge >= 0.3 is 0 Å². The Hall–Kier alpha value is -1.02. The van der Waals surface area contributed by atoms with E-state index in [4.69, 9.17) is 17.0 Å². The first kappa shape index (κ1) is 16.4. The van der Waals surface area contributed by atoms with Gasteiger partial charge in [-0.25, -0.2) is 0 Å². The Morgan fingerprint density at radius 1 is 1.38 bits per heavy atom. The summed E-state index contributed by atoms with van der Waals surface area (Å²) in [6.45, 7) is 1.69. The number of hydrogen-bond acceptors (Lipinski definition) is 4. The molecule has 0 amide bonds. The van der Waals surface area contributed by atoms with Crippen LogP contribution >= 0.6 is 39.5 Å². The van der Waals surface area contributed by atoms with Crippen LogP contribution in [0, 0.1) is 0 Å².